The van der Waals surface area contributed by atoms with Gasteiger partial charge in [0, 0.05) is 31.5 Å². The van der Waals surface area contributed by atoms with E-state index in [-0.39, 0.29) is 25.4 Å². The van der Waals surface area contributed by atoms with Crippen molar-refractivity contribution in [2.75, 3.05) is 13.1 Å². The molecule has 54 heavy (non-hydrogen) atoms. The molecule has 5 atom stereocenters. The standard InChI is InChI=1S/C39H54N6O8S/c1-7-27-20-39(27,35(48)42-54(51,52)29-16-17-29)41-33(46)31-19-28-22-45(31)34(47)32(38(4,5)6)40-36(49)44(24(2)3)18-11-9-8-10-13-25-14-12-15-26-21-43(23-30(25)26)37(50)53-28/h7,10,12-15,24,27-29,31-32H,1,8-9,11,16-23H2,2-6H3,(H,40,49)(H,41,46)(H,42,48)/b13-10+/t27-,28+,31-,32+,39+/m0/s1. The van der Waals surface area contributed by atoms with Crippen LogP contribution in [0.2, 0.25) is 0 Å². The van der Waals surface area contributed by atoms with Gasteiger partial charge in [0.2, 0.25) is 21.8 Å². The summed E-state index contributed by atoms with van der Waals surface area (Å²) in [6.45, 7) is 14.1. The first kappa shape index (κ1) is 39.3. The maximum atomic E-state index is 14.7. The van der Waals surface area contributed by atoms with Crippen LogP contribution in [0.5, 0.6) is 0 Å². The monoisotopic (exact) mass is 766 g/mol. The van der Waals surface area contributed by atoms with Crippen LogP contribution in [0.1, 0.15) is 96.3 Å². The molecule has 15 heteroatoms. The molecule has 0 aromatic heterocycles. The topological polar surface area (TPSA) is 175 Å². The molecule has 14 nitrogen and oxygen atoms in total. The summed E-state index contributed by atoms with van der Waals surface area (Å²) < 4.78 is 33.6. The van der Waals surface area contributed by atoms with Gasteiger partial charge in [-0.15, -0.1) is 6.58 Å². The van der Waals surface area contributed by atoms with Gasteiger partial charge in [0.1, 0.15) is 23.7 Å². The minimum Gasteiger partial charge on any atom is -0.444 e. The van der Waals surface area contributed by atoms with Gasteiger partial charge >= 0.3 is 12.1 Å². The molecule has 1 saturated heterocycles. The van der Waals surface area contributed by atoms with Crippen LogP contribution in [-0.4, -0.2) is 101 Å². The van der Waals surface area contributed by atoms with E-state index >= 15 is 0 Å². The van der Waals surface area contributed by atoms with Crippen LogP contribution in [0, 0.1) is 11.3 Å². The van der Waals surface area contributed by atoms with Crippen molar-refractivity contribution in [1.82, 2.24) is 30.1 Å². The summed E-state index contributed by atoms with van der Waals surface area (Å²) in [7, 11) is -3.91. The Kier molecular flexibility index (Phi) is 10.9. The van der Waals surface area contributed by atoms with Crippen molar-refractivity contribution in [3.8, 4) is 0 Å². The van der Waals surface area contributed by atoms with Crippen LogP contribution in [-0.2, 0) is 42.2 Å². The van der Waals surface area contributed by atoms with E-state index in [2.05, 4.69) is 34.1 Å². The molecule has 0 radical (unpaired) electrons. The Morgan fingerprint density at radius 2 is 1.85 bits per heavy atom. The summed E-state index contributed by atoms with van der Waals surface area (Å²) in [5, 5.41) is 5.09. The van der Waals surface area contributed by atoms with Crippen molar-refractivity contribution in [3.63, 3.8) is 0 Å². The lowest BCUT2D eigenvalue weighted by atomic mass is 9.85. The van der Waals surface area contributed by atoms with Crippen molar-refractivity contribution in [3.05, 3.63) is 53.6 Å². The molecule has 6 amide bonds. The maximum absolute atomic E-state index is 14.7. The smallest absolute Gasteiger partial charge is 0.410 e. The quantitative estimate of drug-likeness (QED) is 0.352. The molecule has 294 valence electrons. The number of urea groups is 1. The fraction of sp³-hybridized carbons (Fsp3) is 0.615. The van der Waals surface area contributed by atoms with E-state index in [1.807, 2.05) is 52.8 Å². The highest BCUT2D eigenvalue weighted by Gasteiger charge is 2.62. The summed E-state index contributed by atoms with van der Waals surface area (Å²) in [6.07, 6.45) is 7.56. The van der Waals surface area contributed by atoms with E-state index in [1.165, 1.54) is 11.0 Å². The zero-order chi connectivity index (χ0) is 39.2. The number of allylic oxidation sites excluding steroid dienone is 1. The SMILES string of the molecule is C=C[C@H]1C[C@]1(NC(=O)[C@@H]1C[C@@H]2CN1C(=O)[C@H](C(C)(C)C)NC(=O)N(C(C)C)CCCC/C=C/c1cccc3c1CN(C3)C(=O)O2)C(=O)NS(=O)(=O)C1CC1. The molecule has 3 fully saturated rings. The fourth-order valence-electron chi connectivity index (χ4n) is 7.71. The first-order chi connectivity index (χ1) is 25.4. The summed E-state index contributed by atoms with van der Waals surface area (Å²) in [5.41, 5.74) is 0.693. The average Bonchev–Trinajstić information content (AvgIpc) is 3.99. The molecule has 6 rings (SSSR count). The van der Waals surface area contributed by atoms with Gasteiger partial charge in [-0.2, -0.15) is 0 Å². The number of sulfonamides is 1. The number of hydrogen-bond acceptors (Lipinski definition) is 8. The third-order valence-electron chi connectivity index (χ3n) is 11.2. The van der Waals surface area contributed by atoms with Crippen molar-refractivity contribution in [2.24, 2.45) is 11.3 Å². The van der Waals surface area contributed by atoms with Crippen LogP contribution < -0.4 is 15.4 Å². The number of amides is 6. The van der Waals surface area contributed by atoms with E-state index in [4.69, 9.17) is 4.74 Å². The minimum atomic E-state index is -3.91. The number of fused-ring (bicyclic) bond motifs is 3. The van der Waals surface area contributed by atoms with Crippen LogP contribution in [0.3, 0.4) is 0 Å². The van der Waals surface area contributed by atoms with Crippen LogP contribution in [0.4, 0.5) is 9.59 Å². The molecule has 5 aliphatic rings. The molecule has 1 aromatic carbocycles. The van der Waals surface area contributed by atoms with E-state index in [0.29, 0.717) is 32.5 Å². The average molecular weight is 767 g/mol. The first-order valence-corrected chi connectivity index (χ1v) is 20.6. The highest BCUT2D eigenvalue weighted by molar-refractivity contribution is 7.91. The summed E-state index contributed by atoms with van der Waals surface area (Å²) >= 11 is 0. The highest BCUT2D eigenvalue weighted by Crippen LogP contribution is 2.45. The molecule has 3 aliphatic heterocycles. The Morgan fingerprint density at radius 3 is 2.50 bits per heavy atom. The Morgan fingerprint density at radius 1 is 1.11 bits per heavy atom. The van der Waals surface area contributed by atoms with Gasteiger partial charge in [0.05, 0.1) is 18.3 Å². The van der Waals surface area contributed by atoms with Gasteiger partial charge in [-0.3, -0.25) is 24.0 Å². The molecule has 3 N–H and O–H groups in total. The number of carbonyl (C=O) groups excluding carboxylic acids is 5. The first-order valence-electron chi connectivity index (χ1n) is 19.1. The predicted molar refractivity (Wildman–Crippen MR) is 202 cm³/mol. The molecule has 0 unspecified atom stereocenters. The molecule has 1 aromatic rings. The normalized spacial score (nSPS) is 28.6. The van der Waals surface area contributed by atoms with Crippen molar-refractivity contribution in [2.45, 2.75) is 128 Å². The minimum absolute atomic E-state index is 0.0716. The van der Waals surface area contributed by atoms with E-state index in [9.17, 15) is 32.4 Å². The van der Waals surface area contributed by atoms with Gasteiger partial charge < -0.3 is 25.2 Å². The summed E-state index contributed by atoms with van der Waals surface area (Å²) in [5.74, 6) is -2.63. The van der Waals surface area contributed by atoms with Gasteiger partial charge in [0.25, 0.3) is 5.91 Å². The number of rotatable bonds is 7. The number of nitrogens with one attached hydrogen (secondary N) is 3. The fourth-order valence-corrected chi connectivity index (χ4v) is 9.08. The second kappa shape index (κ2) is 15.0. The van der Waals surface area contributed by atoms with Crippen LogP contribution in [0.25, 0.3) is 6.08 Å². The van der Waals surface area contributed by atoms with Gasteiger partial charge in [0.15, 0.2) is 0 Å². The molecule has 4 bridgehead atoms. The predicted octanol–water partition coefficient (Wildman–Crippen LogP) is 3.81. The summed E-state index contributed by atoms with van der Waals surface area (Å²) in [6, 6.07) is 3.13. The highest BCUT2D eigenvalue weighted by atomic mass is 32.2. The second-order valence-corrected chi connectivity index (χ2v) is 18.7. The number of hydrogen-bond donors (Lipinski definition) is 3. The van der Waals surface area contributed by atoms with Gasteiger partial charge in [-0.05, 0) is 74.5 Å². The molecule has 3 heterocycles. The van der Waals surface area contributed by atoms with Gasteiger partial charge in [-0.1, -0.05) is 57.2 Å². The van der Waals surface area contributed by atoms with E-state index < -0.39 is 80.2 Å². The number of ether oxygens (including phenoxy) is 1. The Labute approximate surface area is 318 Å². The van der Waals surface area contributed by atoms with Crippen LogP contribution >= 0.6 is 0 Å². The summed E-state index contributed by atoms with van der Waals surface area (Å²) in [4.78, 5) is 74.6. The Balaban J connectivity index is 1.30. The van der Waals surface area contributed by atoms with E-state index in [1.54, 1.807) is 9.80 Å². The zero-order valence-corrected chi connectivity index (χ0v) is 32.7. The lowest BCUT2D eigenvalue weighted by molar-refractivity contribution is -0.142. The van der Waals surface area contributed by atoms with E-state index in [0.717, 1.165) is 36.0 Å². The second-order valence-electron chi connectivity index (χ2n) is 16.7. The van der Waals surface area contributed by atoms with Crippen molar-refractivity contribution in [1.29, 1.82) is 0 Å². The Hall–Kier alpha value is -4.40. The zero-order valence-electron chi connectivity index (χ0n) is 31.9. The number of nitrogens with zero attached hydrogens (tertiary/aromatic N) is 3. The number of benzene rings is 1. The third kappa shape index (κ3) is 8.15. The largest absolute Gasteiger partial charge is 0.444 e. The van der Waals surface area contributed by atoms with Crippen LogP contribution in [0.15, 0.2) is 36.9 Å². The van der Waals surface area contributed by atoms with Gasteiger partial charge in [-0.25, -0.2) is 18.0 Å². The molecular weight excluding hydrogens is 713 g/mol. The van der Waals surface area contributed by atoms with Crippen molar-refractivity contribution < 1.29 is 37.1 Å². The lowest BCUT2D eigenvalue weighted by Crippen LogP contribution is -2.61. The Bertz CT molecular complexity index is 1840. The number of carbonyl (C=O) groups is 5. The molecule has 2 saturated carbocycles. The van der Waals surface area contributed by atoms with Crippen molar-refractivity contribution >= 4 is 45.9 Å². The lowest BCUT2D eigenvalue weighted by Gasteiger charge is -2.37. The maximum Gasteiger partial charge on any atom is 0.410 e. The molecule has 2 aliphatic carbocycles. The molecular formula is C39H54N6O8S. The third-order valence-corrected chi connectivity index (χ3v) is 13.0. The molecule has 0 spiro atoms.